The third-order valence-electron chi connectivity index (χ3n) is 3.95. The summed E-state index contributed by atoms with van der Waals surface area (Å²) >= 11 is 0. The lowest BCUT2D eigenvalue weighted by molar-refractivity contribution is 0.0104. The summed E-state index contributed by atoms with van der Waals surface area (Å²) in [6.45, 7) is 0.844. The van der Waals surface area contributed by atoms with Crippen molar-refractivity contribution in [3.8, 4) is 0 Å². The van der Waals surface area contributed by atoms with Crippen LogP contribution in [-0.4, -0.2) is 23.5 Å². The highest BCUT2D eigenvalue weighted by atomic mass is 16.5. The van der Waals surface area contributed by atoms with Gasteiger partial charge in [-0.25, -0.2) is 0 Å². The van der Waals surface area contributed by atoms with E-state index in [0.29, 0.717) is 6.42 Å². The Labute approximate surface area is 119 Å². The fourth-order valence-corrected chi connectivity index (χ4v) is 2.82. The number of fused-ring (bicyclic) bond motifs is 1. The van der Waals surface area contributed by atoms with Gasteiger partial charge < -0.3 is 4.74 Å². The zero-order valence-electron chi connectivity index (χ0n) is 11.5. The van der Waals surface area contributed by atoms with Crippen molar-refractivity contribution >= 4 is 16.6 Å². The van der Waals surface area contributed by atoms with Crippen molar-refractivity contribution in [2.75, 3.05) is 6.61 Å². The number of carbonyl (C=O) groups excluding carboxylic acids is 1. The van der Waals surface area contributed by atoms with E-state index in [0.717, 1.165) is 42.2 Å². The van der Waals surface area contributed by atoms with Gasteiger partial charge in [0.25, 0.3) is 0 Å². The Hall–Kier alpha value is -1.74. The van der Waals surface area contributed by atoms with Crippen LogP contribution in [0.15, 0.2) is 36.7 Å². The number of Topliss-reactive ketones (excluding diaryl/α,β-unsaturated/α-hetero) is 1. The zero-order chi connectivity index (χ0) is 13.8. The Morgan fingerprint density at radius 2 is 2.25 bits per heavy atom. The number of ether oxygens (including phenoxy) is 1. The molecule has 0 amide bonds. The number of hydrogen-bond donors (Lipinski definition) is 0. The molecular formula is C17H19NO2. The van der Waals surface area contributed by atoms with E-state index in [1.54, 1.807) is 12.4 Å². The Bertz CT molecular complexity index is 597. The van der Waals surface area contributed by atoms with Gasteiger partial charge in [-0.2, -0.15) is 0 Å². The highest BCUT2D eigenvalue weighted by Gasteiger charge is 2.17. The van der Waals surface area contributed by atoms with E-state index in [1.165, 1.54) is 6.42 Å². The standard InChI is InChI=1S/C17H19NO2/c19-17(8-7-14-5-1-2-11-20-14)15-6-3-4-13-9-10-18-12-16(13)15/h3-4,6,9-10,12,14H,1-2,5,7-8,11H2. The number of hydrogen-bond acceptors (Lipinski definition) is 3. The van der Waals surface area contributed by atoms with E-state index in [9.17, 15) is 4.79 Å². The summed E-state index contributed by atoms with van der Waals surface area (Å²) in [5.41, 5.74) is 0.784. The minimum absolute atomic E-state index is 0.192. The SMILES string of the molecule is O=C(CCC1CCCCO1)c1cccc2ccncc12. The highest BCUT2D eigenvalue weighted by Crippen LogP contribution is 2.22. The maximum atomic E-state index is 12.4. The molecule has 0 bridgehead atoms. The van der Waals surface area contributed by atoms with Crippen LogP contribution in [0.1, 0.15) is 42.5 Å². The first-order chi connectivity index (χ1) is 9.84. The van der Waals surface area contributed by atoms with Crippen LogP contribution < -0.4 is 0 Å². The summed E-state index contributed by atoms with van der Waals surface area (Å²) in [6.07, 6.45) is 8.64. The molecule has 0 N–H and O–H groups in total. The van der Waals surface area contributed by atoms with Crippen LogP contribution in [-0.2, 0) is 4.74 Å². The molecule has 3 nitrogen and oxygen atoms in total. The summed E-state index contributed by atoms with van der Waals surface area (Å²) in [5.74, 6) is 0.192. The van der Waals surface area contributed by atoms with Crippen molar-refractivity contribution in [3.63, 3.8) is 0 Å². The van der Waals surface area contributed by atoms with Gasteiger partial charge in [0.05, 0.1) is 6.10 Å². The summed E-state index contributed by atoms with van der Waals surface area (Å²) in [6, 6.07) is 7.79. The topological polar surface area (TPSA) is 39.2 Å². The fourth-order valence-electron chi connectivity index (χ4n) is 2.82. The molecule has 104 valence electrons. The molecule has 1 aromatic carbocycles. The van der Waals surface area contributed by atoms with E-state index >= 15 is 0 Å². The third-order valence-corrected chi connectivity index (χ3v) is 3.95. The van der Waals surface area contributed by atoms with Crippen molar-refractivity contribution in [2.45, 2.75) is 38.2 Å². The van der Waals surface area contributed by atoms with Crippen LogP contribution in [0.5, 0.6) is 0 Å². The molecular weight excluding hydrogens is 250 g/mol. The molecule has 1 saturated heterocycles. The lowest BCUT2D eigenvalue weighted by atomic mass is 9.97. The second-order valence-corrected chi connectivity index (χ2v) is 5.35. The number of nitrogens with zero attached hydrogens (tertiary/aromatic N) is 1. The maximum absolute atomic E-state index is 12.4. The highest BCUT2D eigenvalue weighted by molar-refractivity contribution is 6.07. The molecule has 20 heavy (non-hydrogen) atoms. The molecule has 1 atom stereocenters. The van der Waals surface area contributed by atoms with Crippen LogP contribution >= 0.6 is 0 Å². The van der Waals surface area contributed by atoms with Crippen molar-refractivity contribution in [1.29, 1.82) is 0 Å². The maximum Gasteiger partial charge on any atom is 0.163 e. The lowest BCUT2D eigenvalue weighted by Gasteiger charge is -2.22. The van der Waals surface area contributed by atoms with Crippen LogP contribution in [0, 0.1) is 0 Å². The van der Waals surface area contributed by atoms with Gasteiger partial charge in [-0.1, -0.05) is 18.2 Å². The van der Waals surface area contributed by atoms with E-state index in [1.807, 2.05) is 24.3 Å². The summed E-state index contributed by atoms with van der Waals surface area (Å²) < 4.78 is 5.69. The van der Waals surface area contributed by atoms with Crippen LogP contribution in [0.4, 0.5) is 0 Å². The van der Waals surface area contributed by atoms with E-state index in [-0.39, 0.29) is 11.9 Å². The molecule has 0 aliphatic carbocycles. The van der Waals surface area contributed by atoms with Gasteiger partial charge in [0.15, 0.2) is 5.78 Å². The molecule has 0 spiro atoms. The second-order valence-electron chi connectivity index (χ2n) is 5.35. The first-order valence-corrected chi connectivity index (χ1v) is 7.32. The van der Waals surface area contributed by atoms with Crippen LogP contribution in [0.2, 0.25) is 0 Å². The largest absolute Gasteiger partial charge is 0.378 e. The predicted octanol–water partition coefficient (Wildman–Crippen LogP) is 3.77. The number of rotatable bonds is 4. The molecule has 3 rings (SSSR count). The van der Waals surface area contributed by atoms with E-state index < -0.39 is 0 Å². The minimum Gasteiger partial charge on any atom is -0.378 e. The van der Waals surface area contributed by atoms with Gasteiger partial charge in [-0.3, -0.25) is 9.78 Å². The molecule has 1 aliphatic rings. The predicted molar refractivity (Wildman–Crippen MR) is 78.9 cm³/mol. The van der Waals surface area contributed by atoms with Gasteiger partial charge in [0.2, 0.25) is 0 Å². The van der Waals surface area contributed by atoms with E-state index in [2.05, 4.69) is 4.98 Å². The number of pyridine rings is 1. The van der Waals surface area contributed by atoms with Crippen LogP contribution in [0.25, 0.3) is 10.8 Å². The lowest BCUT2D eigenvalue weighted by Crippen LogP contribution is -2.20. The average molecular weight is 269 g/mol. The van der Waals surface area contributed by atoms with Crippen molar-refractivity contribution in [2.24, 2.45) is 0 Å². The summed E-state index contributed by atoms with van der Waals surface area (Å²) in [5, 5.41) is 2.02. The van der Waals surface area contributed by atoms with Gasteiger partial charge in [0, 0.05) is 36.4 Å². The molecule has 2 aromatic rings. The monoisotopic (exact) mass is 269 g/mol. The number of aromatic nitrogens is 1. The number of carbonyl (C=O) groups is 1. The number of benzene rings is 1. The molecule has 3 heteroatoms. The van der Waals surface area contributed by atoms with Gasteiger partial charge in [-0.15, -0.1) is 0 Å². The Balaban J connectivity index is 1.72. The normalized spacial score (nSPS) is 19.1. The summed E-state index contributed by atoms with van der Waals surface area (Å²) in [7, 11) is 0. The quantitative estimate of drug-likeness (QED) is 0.793. The van der Waals surface area contributed by atoms with Gasteiger partial charge >= 0.3 is 0 Å². The van der Waals surface area contributed by atoms with Crippen molar-refractivity contribution < 1.29 is 9.53 Å². The molecule has 0 saturated carbocycles. The summed E-state index contributed by atoms with van der Waals surface area (Å²) in [4.78, 5) is 16.5. The van der Waals surface area contributed by atoms with Crippen molar-refractivity contribution in [3.05, 3.63) is 42.2 Å². The fraction of sp³-hybridized carbons (Fsp3) is 0.412. The second kappa shape index (κ2) is 6.14. The minimum atomic E-state index is 0.192. The smallest absolute Gasteiger partial charge is 0.163 e. The van der Waals surface area contributed by atoms with Crippen LogP contribution in [0.3, 0.4) is 0 Å². The zero-order valence-corrected chi connectivity index (χ0v) is 11.5. The number of ketones is 1. The third kappa shape index (κ3) is 2.88. The first-order valence-electron chi connectivity index (χ1n) is 7.32. The van der Waals surface area contributed by atoms with Gasteiger partial charge in [0.1, 0.15) is 0 Å². The molecule has 0 radical (unpaired) electrons. The van der Waals surface area contributed by atoms with E-state index in [4.69, 9.17) is 4.74 Å². The molecule has 1 aromatic heterocycles. The van der Waals surface area contributed by atoms with Crippen molar-refractivity contribution in [1.82, 2.24) is 4.98 Å². The Kier molecular flexibility index (Phi) is 4.07. The first kappa shape index (κ1) is 13.3. The Morgan fingerprint density at radius 1 is 1.30 bits per heavy atom. The molecule has 1 unspecified atom stereocenters. The molecule has 1 aliphatic heterocycles. The molecule has 1 fully saturated rings. The average Bonchev–Trinajstić information content (AvgIpc) is 2.53. The van der Waals surface area contributed by atoms with Gasteiger partial charge in [-0.05, 0) is 37.1 Å². The molecule has 2 heterocycles. The Morgan fingerprint density at radius 3 is 3.10 bits per heavy atom.